The van der Waals surface area contributed by atoms with Gasteiger partial charge in [-0.05, 0) is 18.2 Å². The first-order valence-corrected chi connectivity index (χ1v) is 7.33. The molecule has 2 rings (SSSR count). The number of aromatic nitrogens is 2. The van der Waals surface area contributed by atoms with Crippen LogP contribution in [0.4, 0.5) is 18.9 Å². The molecule has 1 aromatic heterocycles. The summed E-state index contributed by atoms with van der Waals surface area (Å²) in [6, 6.07) is 2.20. The molecule has 0 aliphatic heterocycles. The standard InChI is InChI=1S/C15H13F3N4O5/c16-15(17,18)7-2-1-3-8(4-7)20-13(26)10(6-23)21-11(24)9-5-19-14(27)22-12(9)25/h1-5,10,23H,6H2,(H,20,26)(H,21,24)(H2,19,22,25,27)/t10-/m0/s1. The number of hydrogen-bond acceptors (Lipinski definition) is 5. The molecule has 2 amide bonds. The van der Waals surface area contributed by atoms with Crippen LogP contribution in [0.25, 0.3) is 0 Å². The fourth-order valence-electron chi connectivity index (χ4n) is 2.01. The topological polar surface area (TPSA) is 144 Å². The Kier molecular flexibility index (Phi) is 5.80. The smallest absolute Gasteiger partial charge is 0.394 e. The zero-order valence-electron chi connectivity index (χ0n) is 13.4. The monoisotopic (exact) mass is 386 g/mol. The molecular weight excluding hydrogens is 373 g/mol. The SMILES string of the molecule is O=C(N[C@@H](CO)C(=O)Nc1cccc(C(F)(F)F)c1)c1c[nH]c(=O)[nH]c1=O. The van der Waals surface area contributed by atoms with Gasteiger partial charge in [-0.15, -0.1) is 0 Å². The molecule has 0 aliphatic rings. The molecule has 0 aliphatic carbocycles. The van der Waals surface area contributed by atoms with Crippen LogP contribution in [0.15, 0.2) is 40.1 Å². The van der Waals surface area contributed by atoms with E-state index in [1.54, 1.807) is 4.98 Å². The molecule has 0 fully saturated rings. The molecule has 2 aromatic rings. The van der Waals surface area contributed by atoms with Crippen molar-refractivity contribution in [1.29, 1.82) is 0 Å². The van der Waals surface area contributed by atoms with Crippen LogP contribution < -0.4 is 21.9 Å². The number of halogens is 3. The Hall–Kier alpha value is -3.41. The van der Waals surface area contributed by atoms with Crippen LogP contribution in [0.1, 0.15) is 15.9 Å². The van der Waals surface area contributed by atoms with E-state index in [0.717, 1.165) is 18.3 Å². The van der Waals surface area contributed by atoms with Crippen molar-refractivity contribution in [3.05, 3.63) is 62.4 Å². The number of benzene rings is 1. The lowest BCUT2D eigenvalue weighted by molar-refractivity contribution is -0.137. The van der Waals surface area contributed by atoms with Gasteiger partial charge in [-0.1, -0.05) is 6.07 Å². The highest BCUT2D eigenvalue weighted by Gasteiger charge is 2.31. The van der Waals surface area contributed by atoms with Gasteiger partial charge < -0.3 is 20.7 Å². The Balaban J connectivity index is 2.13. The van der Waals surface area contributed by atoms with Crippen molar-refractivity contribution in [2.75, 3.05) is 11.9 Å². The normalized spacial score (nSPS) is 12.3. The number of H-pyrrole nitrogens is 2. The Morgan fingerprint density at radius 2 is 1.93 bits per heavy atom. The van der Waals surface area contributed by atoms with E-state index in [9.17, 15) is 37.5 Å². The van der Waals surface area contributed by atoms with Gasteiger partial charge in [0.15, 0.2) is 0 Å². The summed E-state index contributed by atoms with van der Waals surface area (Å²) in [7, 11) is 0. The molecule has 0 bridgehead atoms. The number of alkyl halides is 3. The second-order valence-electron chi connectivity index (χ2n) is 5.26. The fourth-order valence-corrected chi connectivity index (χ4v) is 2.01. The summed E-state index contributed by atoms with van der Waals surface area (Å²) in [5.41, 5.74) is -3.60. The third-order valence-corrected chi connectivity index (χ3v) is 3.33. The third-order valence-electron chi connectivity index (χ3n) is 3.33. The van der Waals surface area contributed by atoms with Crippen molar-refractivity contribution in [1.82, 2.24) is 15.3 Å². The second-order valence-corrected chi connectivity index (χ2v) is 5.26. The molecule has 0 unspecified atom stereocenters. The number of carbonyl (C=O) groups excluding carboxylic acids is 2. The van der Waals surface area contributed by atoms with Crippen LogP contribution in [0.2, 0.25) is 0 Å². The van der Waals surface area contributed by atoms with Gasteiger partial charge in [0.05, 0.1) is 12.2 Å². The maximum atomic E-state index is 12.7. The number of nitrogens with one attached hydrogen (secondary N) is 4. The molecule has 0 saturated heterocycles. The second kappa shape index (κ2) is 7.86. The van der Waals surface area contributed by atoms with Crippen molar-refractivity contribution < 1.29 is 27.9 Å². The van der Waals surface area contributed by atoms with Gasteiger partial charge in [0.1, 0.15) is 11.6 Å². The van der Waals surface area contributed by atoms with Crippen LogP contribution in [-0.4, -0.2) is 39.5 Å². The number of aliphatic hydroxyl groups is 1. The average molecular weight is 386 g/mol. The van der Waals surface area contributed by atoms with Gasteiger partial charge in [0.2, 0.25) is 5.91 Å². The molecule has 0 saturated carbocycles. The van der Waals surface area contributed by atoms with Crippen molar-refractivity contribution >= 4 is 17.5 Å². The summed E-state index contributed by atoms with van der Waals surface area (Å²) in [6.45, 7) is -0.891. The van der Waals surface area contributed by atoms with Gasteiger partial charge in [-0.25, -0.2) is 4.79 Å². The van der Waals surface area contributed by atoms with E-state index in [0.29, 0.717) is 6.07 Å². The van der Waals surface area contributed by atoms with E-state index in [2.05, 4.69) is 10.3 Å². The number of carbonyl (C=O) groups is 2. The first-order chi connectivity index (χ1) is 12.6. The van der Waals surface area contributed by atoms with Crippen LogP contribution in [-0.2, 0) is 11.0 Å². The molecule has 1 atom stereocenters. The highest BCUT2D eigenvalue weighted by molar-refractivity contribution is 6.01. The quantitative estimate of drug-likeness (QED) is 0.484. The van der Waals surface area contributed by atoms with Gasteiger partial charge in [-0.2, -0.15) is 13.2 Å². The summed E-state index contributed by atoms with van der Waals surface area (Å²) in [6.07, 6.45) is -3.80. The Bertz CT molecular complexity index is 967. The summed E-state index contributed by atoms with van der Waals surface area (Å²) >= 11 is 0. The third kappa shape index (κ3) is 5.04. The van der Waals surface area contributed by atoms with Crippen LogP contribution in [0.3, 0.4) is 0 Å². The maximum Gasteiger partial charge on any atom is 0.416 e. The molecule has 1 heterocycles. The predicted molar refractivity (Wildman–Crippen MR) is 86.1 cm³/mol. The van der Waals surface area contributed by atoms with Crippen molar-refractivity contribution in [3.8, 4) is 0 Å². The molecule has 9 nitrogen and oxygen atoms in total. The lowest BCUT2D eigenvalue weighted by atomic mass is 10.2. The minimum atomic E-state index is -4.61. The molecular formula is C15H13F3N4O5. The Morgan fingerprint density at radius 3 is 2.52 bits per heavy atom. The van der Waals surface area contributed by atoms with Crippen molar-refractivity contribution in [3.63, 3.8) is 0 Å². The van der Waals surface area contributed by atoms with Crippen LogP contribution in [0.5, 0.6) is 0 Å². The minimum absolute atomic E-state index is 0.204. The molecule has 5 N–H and O–H groups in total. The van der Waals surface area contributed by atoms with Crippen molar-refractivity contribution in [2.45, 2.75) is 12.2 Å². The predicted octanol–water partition coefficient (Wildman–Crippen LogP) is -0.189. The lowest BCUT2D eigenvalue weighted by Gasteiger charge is -2.16. The molecule has 27 heavy (non-hydrogen) atoms. The van der Waals surface area contributed by atoms with Gasteiger partial charge in [-0.3, -0.25) is 19.4 Å². The van der Waals surface area contributed by atoms with Crippen LogP contribution in [0, 0.1) is 0 Å². The van der Waals surface area contributed by atoms with Gasteiger partial charge >= 0.3 is 11.9 Å². The summed E-state index contributed by atoms with van der Waals surface area (Å²) in [4.78, 5) is 50.4. The number of rotatable bonds is 5. The molecule has 1 aromatic carbocycles. The molecule has 12 heteroatoms. The van der Waals surface area contributed by atoms with E-state index >= 15 is 0 Å². The lowest BCUT2D eigenvalue weighted by Crippen LogP contribution is -2.47. The van der Waals surface area contributed by atoms with Crippen molar-refractivity contribution in [2.24, 2.45) is 0 Å². The molecule has 0 spiro atoms. The number of aliphatic hydroxyl groups excluding tert-OH is 1. The zero-order chi connectivity index (χ0) is 20.2. The highest BCUT2D eigenvalue weighted by Crippen LogP contribution is 2.30. The first-order valence-electron chi connectivity index (χ1n) is 7.33. The van der Waals surface area contributed by atoms with E-state index < -0.39 is 53.0 Å². The first kappa shape index (κ1) is 19.9. The van der Waals surface area contributed by atoms with E-state index in [-0.39, 0.29) is 5.69 Å². The van der Waals surface area contributed by atoms with E-state index in [4.69, 9.17) is 0 Å². The number of hydrogen-bond donors (Lipinski definition) is 5. The molecule has 144 valence electrons. The Morgan fingerprint density at radius 1 is 1.22 bits per heavy atom. The highest BCUT2D eigenvalue weighted by atomic mass is 19.4. The summed E-state index contributed by atoms with van der Waals surface area (Å²) < 4.78 is 38.1. The number of amides is 2. The van der Waals surface area contributed by atoms with E-state index in [1.165, 1.54) is 6.07 Å². The fraction of sp³-hybridized carbons (Fsp3) is 0.200. The van der Waals surface area contributed by atoms with E-state index in [1.807, 2.05) is 5.32 Å². The Labute approximate surface area is 148 Å². The number of anilines is 1. The van der Waals surface area contributed by atoms with Gasteiger partial charge in [0, 0.05) is 11.9 Å². The zero-order valence-corrected chi connectivity index (χ0v) is 13.4. The average Bonchev–Trinajstić information content (AvgIpc) is 2.58. The molecule has 0 radical (unpaired) electrons. The minimum Gasteiger partial charge on any atom is -0.394 e. The summed E-state index contributed by atoms with van der Waals surface area (Å²) in [5.74, 6) is -2.09. The van der Waals surface area contributed by atoms with Crippen LogP contribution >= 0.6 is 0 Å². The maximum absolute atomic E-state index is 12.7. The summed E-state index contributed by atoms with van der Waals surface area (Å²) in [5, 5.41) is 13.4. The number of aromatic amines is 2. The van der Waals surface area contributed by atoms with Gasteiger partial charge in [0.25, 0.3) is 11.5 Å². The largest absolute Gasteiger partial charge is 0.416 e.